The zero-order valence-corrected chi connectivity index (χ0v) is 20.6. The monoisotopic (exact) mass is 442 g/mol. The molecule has 4 nitrogen and oxygen atoms in total. The summed E-state index contributed by atoms with van der Waals surface area (Å²) in [4.78, 5) is 2.13. The first-order valence-corrected chi connectivity index (χ1v) is 11.5. The second kappa shape index (κ2) is 11.7. The summed E-state index contributed by atoms with van der Waals surface area (Å²) in [6.07, 6.45) is 0.140. The van der Waals surface area contributed by atoms with Crippen LogP contribution in [0, 0.1) is 0 Å². The van der Waals surface area contributed by atoms with Crippen LogP contribution in [0.4, 0.5) is 0 Å². The number of ether oxygens (including phenoxy) is 4. The Morgan fingerprint density at radius 3 is 1.26 bits per heavy atom. The quantitative estimate of drug-likeness (QED) is 0.358. The summed E-state index contributed by atoms with van der Waals surface area (Å²) >= 11 is 1.66. The molecule has 168 valence electrons. The van der Waals surface area contributed by atoms with Gasteiger partial charge in [0.1, 0.15) is 23.0 Å². The van der Waals surface area contributed by atoms with E-state index in [0.717, 1.165) is 43.9 Å². The first-order valence-electron chi connectivity index (χ1n) is 10.7. The third-order valence-electron chi connectivity index (χ3n) is 4.24. The predicted molar refractivity (Wildman–Crippen MR) is 131 cm³/mol. The number of hydrogen-bond acceptors (Lipinski definition) is 5. The minimum Gasteiger partial charge on any atom is -0.496 e. The molecule has 31 heavy (non-hydrogen) atoms. The Morgan fingerprint density at radius 2 is 0.935 bits per heavy atom. The number of hydrogen-bond donors (Lipinski definition) is 0. The van der Waals surface area contributed by atoms with Gasteiger partial charge < -0.3 is 18.9 Å². The van der Waals surface area contributed by atoms with E-state index < -0.39 is 0 Å². The third-order valence-corrected chi connectivity index (χ3v) is 5.36. The summed E-state index contributed by atoms with van der Waals surface area (Å²) in [6.45, 7) is 12.1. The fraction of sp³-hybridized carbons (Fsp3) is 0.385. The van der Waals surface area contributed by atoms with E-state index in [1.165, 1.54) is 0 Å². The normalized spacial score (nSPS) is 10.5. The summed E-state index contributed by atoms with van der Waals surface area (Å²) in [5.41, 5.74) is 1.92. The molecule has 0 atom stereocenters. The standard InChI is InChI=1S/C24H28O4S.C2H6/c1-15(2)27-19-11-7-9-17(25-5)23(19)21-13-14-22(29-21)24-18(26-6)10-8-12-20(24)28-16(3)4;1-2/h7-16H,1-6H3;1-2H3. The number of rotatable bonds is 8. The first-order chi connectivity index (χ1) is 14.9. The minimum atomic E-state index is 0.0700. The minimum absolute atomic E-state index is 0.0700. The molecule has 1 heterocycles. The van der Waals surface area contributed by atoms with E-state index in [1.807, 2.05) is 77.9 Å². The Bertz CT molecular complexity index is 884. The second-order valence-electron chi connectivity index (χ2n) is 7.16. The van der Waals surface area contributed by atoms with Gasteiger partial charge >= 0.3 is 0 Å². The maximum atomic E-state index is 6.06. The molecular weight excluding hydrogens is 408 g/mol. The molecule has 0 spiro atoms. The highest BCUT2D eigenvalue weighted by Crippen LogP contribution is 2.47. The topological polar surface area (TPSA) is 36.9 Å². The molecule has 3 aromatic rings. The molecule has 3 rings (SSSR count). The van der Waals surface area contributed by atoms with Gasteiger partial charge in [-0.2, -0.15) is 0 Å². The van der Waals surface area contributed by atoms with Crippen molar-refractivity contribution in [3.8, 4) is 43.9 Å². The maximum absolute atomic E-state index is 6.06. The fourth-order valence-corrected chi connectivity index (χ4v) is 4.27. The van der Waals surface area contributed by atoms with Crippen molar-refractivity contribution in [2.75, 3.05) is 14.2 Å². The van der Waals surface area contributed by atoms with Crippen LogP contribution < -0.4 is 18.9 Å². The highest BCUT2D eigenvalue weighted by molar-refractivity contribution is 7.19. The van der Waals surface area contributed by atoms with Crippen LogP contribution in [0.15, 0.2) is 48.5 Å². The summed E-state index contributed by atoms with van der Waals surface area (Å²) in [7, 11) is 3.36. The molecule has 0 aliphatic heterocycles. The Hall–Kier alpha value is -2.66. The van der Waals surface area contributed by atoms with Crippen LogP contribution in [-0.2, 0) is 0 Å². The average Bonchev–Trinajstić information content (AvgIpc) is 3.23. The van der Waals surface area contributed by atoms with Gasteiger partial charge in [0.15, 0.2) is 0 Å². The zero-order valence-electron chi connectivity index (χ0n) is 19.8. The van der Waals surface area contributed by atoms with Crippen molar-refractivity contribution in [3.63, 3.8) is 0 Å². The fourth-order valence-electron chi connectivity index (χ4n) is 3.16. The molecule has 0 N–H and O–H groups in total. The lowest BCUT2D eigenvalue weighted by Crippen LogP contribution is -2.06. The lowest BCUT2D eigenvalue weighted by molar-refractivity contribution is 0.242. The van der Waals surface area contributed by atoms with Crippen molar-refractivity contribution >= 4 is 11.3 Å². The molecule has 2 aromatic carbocycles. The number of thiophene rings is 1. The van der Waals surface area contributed by atoms with Crippen molar-refractivity contribution < 1.29 is 18.9 Å². The van der Waals surface area contributed by atoms with Gasteiger partial charge in [0.2, 0.25) is 0 Å². The summed E-state index contributed by atoms with van der Waals surface area (Å²) in [5.74, 6) is 3.20. The van der Waals surface area contributed by atoms with E-state index in [0.29, 0.717) is 0 Å². The summed E-state index contributed by atoms with van der Waals surface area (Å²) < 4.78 is 23.4. The van der Waals surface area contributed by atoms with Crippen LogP contribution in [0.1, 0.15) is 41.5 Å². The van der Waals surface area contributed by atoms with Gasteiger partial charge in [-0.15, -0.1) is 11.3 Å². The zero-order chi connectivity index (χ0) is 23.0. The van der Waals surface area contributed by atoms with E-state index >= 15 is 0 Å². The Balaban J connectivity index is 0.00000166. The van der Waals surface area contributed by atoms with Gasteiger partial charge in [0.25, 0.3) is 0 Å². The van der Waals surface area contributed by atoms with Gasteiger partial charge in [-0.3, -0.25) is 0 Å². The molecule has 0 fully saturated rings. The maximum Gasteiger partial charge on any atom is 0.132 e. The van der Waals surface area contributed by atoms with E-state index in [9.17, 15) is 0 Å². The molecule has 0 aliphatic rings. The van der Waals surface area contributed by atoms with Crippen molar-refractivity contribution in [1.82, 2.24) is 0 Å². The Morgan fingerprint density at radius 1 is 0.581 bits per heavy atom. The average molecular weight is 443 g/mol. The van der Waals surface area contributed by atoms with Gasteiger partial charge in [-0.1, -0.05) is 26.0 Å². The van der Waals surface area contributed by atoms with Crippen LogP contribution in [0.3, 0.4) is 0 Å². The SMILES string of the molecule is CC.COc1cccc(OC(C)C)c1-c1ccc(-c2c(OC)cccc2OC(C)C)s1. The molecule has 0 radical (unpaired) electrons. The van der Waals surface area contributed by atoms with E-state index in [-0.39, 0.29) is 12.2 Å². The van der Waals surface area contributed by atoms with Crippen molar-refractivity contribution in [2.24, 2.45) is 0 Å². The van der Waals surface area contributed by atoms with Crippen LogP contribution in [0.5, 0.6) is 23.0 Å². The predicted octanol–water partition coefficient (Wildman–Crippen LogP) is 7.70. The second-order valence-corrected chi connectivity index (χ2v) is 8.25. The molecule has 0 saturated heterocycles. The molecular formula is C26H34O4S. The molecule has 5 heteroatoms. The van der Waals surface area contributed by atoms with Crippen LogP contribution in [0.25, 0.3) is 20.9 Å². The van der Waals surface area contributed by atoms with Gasteiger partial charge in [-0.25, -0.2) is 0 Å². The highest BCUT2D eigenvalue weighted by atomic mass is 32.1. The Kier molecular flexibility index (Phi) is 9.25. The van der Waals surface area contributed by atoms with E-state index in [4.69, 9.17) is 18.9 Å². The van der Waals surface area contributed by atoms with Crippen LogP contribution in [-0.4, -0.2) is 26.4 Å². The number of benzene rings is 2. The van der Waals surface area contributed by atoms with Crippen LogP contribution in [0.2, 0.25) is 0 Å². The lowest BCUT2D eigenvalue weighted by atomic mass is 10.1. The van der Waals surface area contributed by atoms with Crippen LogP contribution >= 0.6 is 11.3 Å². The third kappa shape index (κ3) is 5.95. The Labute approximate surface area is 190 Å². The highest BCUT2D eigenvalue weighted by Gasteiger charge is 2.20. The lowest BCUT2D eigenvalue weighted by Gasteiger charge is -2.17. The largest absolute Gasteiger partial charge is 0.496 e. The van der Waals surface area contributed by atoms with E-state index in [2.05, 4.69) is 12.1 Å². The van der Waals surface area contributed by atoms with Gasteiger partial charge in [0, 0.05) is 9.75 Å². The smallest absolute Gasteiger partial charge is 0.132 e. The van der Waals surface area contributed by atoms with Crippen molar-refractivity contribution in [1.29, 1.82) is 0 Å². The molecule has 1 aromatic heterocycles. The molecule has 0 bridgehead atoms. The summed E-state index contributed by atoms with van der Waals surface area (Å²) in [5, 5.41) is 0. The number of methoxy groups -OCH3 is 2. The summed E-state index contributed by atoms with van der Waals surface area (Å²) in [6, 6.07) is 16.0. The molecule has 0 unspecified atom stereocenters. The van der Waals surface area contributed by atoms with Crippen molar-refractivity contribution in [3.05, 3.63) is 48.5 Å². The van der Waals surface area contributed by atoms with Gasteiger partial charge in [-0.05, 0) is 64.1 Å². The molecule has 0 aliphatic carbocycles. The first kappa shape index (κ1) is 24.6. The van der Waals surface area contributed by atoms with Crippen molar-refractivity contribution in [2.45, 2.75) is 53.8 Å². The molecule has 0 saturated carbocycles. The van der Waals surface area contributed by atoms with E-state index in [1.54, 1.807) is 25.6 Å². The molecule has 0 amide bonds. The van der Waals surface area contributed by atoms with Gasteiger partial charge in [0.05, 0.1) is 37.6 Å².